The van der Waals surface area contributed by atoms with Crippen LogP contribution in [0.3, 0.4) is 0 Å². The van der Waals surface area contributed by atoms with Crippen molar-refractivity contribution in [3.8, 4) is 0 Å². The monoisotopic (exact) mass is 184 g/mol. The minimum Gasteiger partial charge on any atom is -0.283 e. The Morgan fingerprint density at radius 2 is 2.44 bits per heavy atom. The van der Waals surface area contributed by atoms with Gasteiger partial charge >= 0.3 is 0 Å². The maximum Gasteiger partial charge on any atom is 0.253 e. The fourth-order valence-electron chi connectivity index (χ4n) is 0.461. The zero-order valence-corrected chi connectivity index (χ0v) is 6.05. The Morgan fingerprint density at radius 3 is 2.89 bits per heavy atom. The second-order valence-corrected chi connectivity index (χ2v) is 2.38. The summed E-state index contributed by atoms with van der Waals surface area (Å²) in [5.41, 5.74) is 0.323. The van der Waals surface area contributed by atoms with Gasteiger partial charge < -0.3 is 0 Å². The highest BCUT2D eigenvalue weighted by atomic mass is 79.9. The second-order valence-electron chi connectivity index (χ2n) is 1.46. The molecule has 1 aromatic rings. The standard InChI is InChI=1S/C6H3BrNO/c7-5-1-2-8-6(3-5)4-9/h1-3H. The molecule has 0 fully saturated rings. The van der Waals surface area contributed by atoms with Crippen LogP contribution in [-0.4, -0.2) is 11.3 Å². The minimum absolute atomic E-state index is 0.323. The van der Waals surface area contributed by atoms with Gasteiger partial charge in [-0.1, -0.05) is 15.9 Å². The number of nitrogens with zero attached hydrogens (tertiary/aromatic N) is 1. The molecule has 0 aliphatic heterocycles. The highest BCUT2D eigenvalue weighted by molar-refractivity contribution is 9.10. The Bertz CT molecular complexity index is 224. The fraction of sp³-hybridized carbons (Fsp3) is 0. The molecule has 1 radical (unpaired) electrons. The molecule has 2 nitrogen and oxygen atoms in total. The largest absolute Gasteiger partial charge is 0.283 e. The molecule has 0 spiro atoms. The summed E-state index contributed by atoms with van der Waals surface area (Å²) in [4.78, 5) is 13.7. The van der Waals surface area contributed by atoms with E-state index in [1.807, 2.05) is 0 Å². The van der Waals surface area contributed by atoms with Crippen LogP contribution in [0.5, 0.6) is 0 Å². The molecule has 3 heteroatoms. The van der Waals surface area contributed by atoms with Crippen molar-refractivity contribution >= 4 is 22.2 Å². The molecular weight excluding hydrogens is 182 g/mol. The molecule has 0 amide bonds. The number of halogens is 1. The quantitative estimate of drug-likeness (QED) is 0.659. The lowest BCUT2D eigenvalue weighted by Crippen LogP contribution is -1.83. The van der Waals surface area contributed by atoms with E-state index < -0.39 is 0 Å². The molecule has 9 heavy (non-hydrogen) atoms. The van der Waals surface area contributed by atoms with Crippen LogP contribution in [0.2, 0.25) is 0 Å². The summed E-state index contributed by atoms with van der Waals surface area (Å²) in [5, 5.41) is 0. The molecule has 0 saturated heterocycles. The second kappa shape index (κ2) is 2.73. The molecule has 0 atom stereocenters. The van der Waals surface area contributed by atoms with E-state index in [2.05, 4.69) is 20.9 Å². The van der Waals surface area contributed by atoms with Gasteiger partial charge in [0.15, 0.2) is 0 Å². The van der Waals surface area contributed by atoms with Crippen LogP contribution in [0.1, 0.15) is 5.69 Å². The Hall–Kier alpha value is -0.700. The van der Waals surface area contributed by atoms with Gasteiger partial charge in [0, 0.05) is 10.7 Å². The van der Waals surface area contributed by atoms with E-state index in [9.17, 15) is 4.79 Å². The molecule has 45 valence electrons. The molecule has 0 aliphatic carbocycles. The Kier molecular flexibility index (Phi) is 1.95. The first-order valence-electron chi connectivity index (χ1n) is 2.32. The van der Waals surface area contributed by atoms with E-state index in [1.54, 1.807) is 24.6 Å². The van der Waals surface area contributed by atoms with Crippen LogP contribution in [0.15, 0.2) is 22.8 Å². The van der Waals surface area contributed by atoms with Gasteiger partial charge in [0.2, 0.25) is 0 Å². The summed E-state index contributed by atoms with van der Waals surface area (Å²) >= 11 is 3.18. The average molecular weight is 185 g/mol. The van der Waals surface area contributed by atoms with Crippen LogP contribution >= 0.6 is 15.9 Å². The van der Waals surface area contributed by atoms with Gasteiger partial charge in [-0.15, -0.1) is 0 Å². The summed E-state index contributed by atoms with van der Waals surface area (Å²) in [6, 6.07) is 3.36. The van der Waals surface area contributed by atoms with Gasteiger partial charge in [0.1, 0.15) is 5.69 Å². The average Bonchev–Trinajstić information content (AvgIpc) is 1.88. The van der Waals surface area contributed by atoms with Crippen molar-refractivity contribution in [3.63, 3.8) is 0 Å². The lowest BCUT2D eigenvalue weighted by molar-refractivity contribution is 0.561. The molecule has 0 N–H and O–H groups in total. The van der Waals surface area contributed by atoms with Crippen LogP contribution < -0.4 is 0 Å². The van der Waals surface area contributed by atoms with Crippen molar-refractivity contribution in [2.45, 2.75) is 0 Å². The summed E-state index contributed by atoms with van der Waals surface area (Å²) in [6.07, 6.45) is 3.22. The Labute approximate surface area is 61.0 Å². The molecule has 0 bridgehead atoms. The van der Waals surface area contributed by atoms with Gasteiger partial charge in [-0.25, -0.2) is 0 Å². The third-order valence-corrected chi connectivity index (χ3v) is 1.32. The van der Waals surface area contributed by atoms with Gasteiger partial charge in [-0.3, -0.25) is 9.78 Å². The van der Waals surface area contributed by atoms with Crippen molar-refractivity contribution < 1.29 is 4.79 Å². The van der Waals surface area contributed by atoms with E-state index in [-0.39, 0.29) is 0 Å². The van der Waals surface area contributed by atoms with Crippen LogP contribution in [0, 0.1) is 0 Å². The SMILES string of the molecule is O=[C]c1cc(Br)ccn1. The third kappa shape index (κ3) is 1.61. The number of carbonyl (C=O) groups excluding carboxylic acids is 1. The van der Waals surface area contributed by atoms with E-state index in [1.165, 1.54) is 0 Å². The van der Waals surface area contributed by atoms with Gasteiger partial charge in [0.05, 0.1) is 0 Å². The molecule has 0 aromatic carbocycles. The first-order valence-corrected chi connectivity index (χ1v) is 3.12. The lowest BCUT2D eigenvalue weighted by atomic mass is 10.4. The summed E-state index contributed by atoms with van der Waals surface area (Å²) in [6.45, 7) is 0. The Balaban J connectivity index is 3.07. The molecule has 1 aromatic heterocycles. The molecule has 0 aliphatic rings. The number of aromatic nitrogens is 1. The predicted molar refractivity (Wildman–Crippen MR) is 36.7 cm³/mol. The maximum atomic E-state index is 9.95. The van der Waals surface area contributed by atoms with Crippen molar-refractivity contribution in [2.24, 2.45) is 0 Å². The maximum absolute atomic E-state index is 9.95. The van der Waals surface area contributed by atoms with E-state index in [0.29, 0.717) is 5.69 Å². The zero-order chi connectivity index (χ0) is 6.69. The van der Waals surface area contributed by atoms with Crippen LogP contribution in [0.4, 0.5) is 0 Å². The van der Waals surface area contributed by atoms with Crippen LogP contribution in [-0.2, 0) is 4.79 Å². The fourth-order valence-corrected chi connectivity index (χ4v) is 0.796. The van der Waals surface area contributed by atoms with Crippen LogP contribution in [0.25, 0.3) is 0 Å². The molecular formula is C6H3BrNO. The highest BCUT2D eigenvalue weighted by Crippen LogP contribution is 2.06. The van der Waals surface area contributed by atoms with E-state index in [0.717, 1.165) is 4.47 Å². The zero-order valence-electron chi connectivity index (χ0n) is 4.47. The van der Waals surface area contributed by atoms with E-state index >= 15 is 0 Å². The van der Waals surface area contributed by atoms with Gasteiger partial charge in [-0.05, 0) is 12.1 Å². The normalized spacial score (nSPS) is 9.00. The number of hydrogen-bond acceptors (Lipinski definition) is 2. The summed E-state index contributed by atoms with van der Waals surface area (Å²) in [5.74, 6) is 0. The Morgan fingerprint density at radius 1 is 1.67 bits per heavy atom. The molecule has 0 unspecified atom stereocenters. The van der Waals surface area contributed by atoms with Gasteiger partial charge in [0.25, 0.3) is 6.29 Å². The topological polar surface area (TPSA) is 30.0 Å². The lowest BCUT2D eigenvalue weighted by Gasteiger charge is -1.86. The number of pyridine rings is 1. The van der Waals surface area contributed by atoms with Gasteiger partial charge in [-0.2, -0.15) is 0 Å². The number of hydrogen-bond donors (Lipinski definition) is 0. The smallest absolute Gasteiger partial charge is 0.253 e. The van der Waals surface area contributed by atoms with Crippen molar-refractivity contribution in [2.75, 3.05) is 0 Å². The van der Waals surface area contributed by atoms with Crippen molar-refractivity contribution in [3.05, 3.63) is 28.5 Å². The van der Waals surface area contributed by atoms with E-state index in [4.69, 9.17) is 0 Å². The highest BCUT2D eigenvalue weighted by Gasteiger charge is 1.90. The third-order valence-electron chi connectivity index (χ3n) is 0.827. The summed E-state index contributed by atoms with van der Waals surface area (Å²) in [7, 11) is 0. The van der Waals surface area contributed by atoms with Crippen molar-refractivity contribution in [1.29, 1.82) is 0 Å². The first kappa shape index (κ1) is 6.42. The van der Waals surface area contributed by atoms with Crippen molar-refractivity contribution in [1.82, 2.24) is 4.98 Å². The minimum atomic E-state index is 0.323. The predicted octanol–water partition coefficient (Wildman–Crippen LogP) is 1.30. The number of rotatable bonds is 1. The molecule has 1 heterocycles. The summed E-state index contributed by atoms with van der Waals surface area (Å²) < 4.78 is 0.843. The molecule has 0 saturated carbocycles. The molecule has 1 rings (SSSR count). The first-order chi connectivity index (χ1) is 4.33.